The number of carbonyl (C=O) groups is 1. The Balaban J connectivity index is 2.04. The first kappa shape index (κ1) is 12.9. The standard InChI is InChI=1S/C11H16N2O2S2/c1-6(14)4-12-7(2)9-3-8-11(17-9)16-5-10(15)13-8/h3,6-7,12,14H,4-5H2,1-2H3,(H,13,15). The second-order valence-electron chi connectivity index (χ2n) is 4.17. The van der Waals surface area contributed by atoms with E-state index in [2.05, 4.69) is 17.6 Å². The van der Waals surface area contributed by atoms with Crippen molar-refractivity contribution in [3.63, 3.8) is 0 Å². The fourth-order valence-electron chi connectivity index (χ4n) is 1.57. The van der Waals surface area contributed by atoms with Crippen LogP contribution in [0.4, 0.5) is 5.69 Å². The predicted octanol–water partition coefficient (Wildman–Crippen LogP) is 1.82. The molecule has 1 amide bonds. The fraction of sp³-hybridized carbons (Fsp3) is 0.545. The Kier molecular flexibility index (Phi) is 4.09. The topological polar surface area (TPSA) is 61.4 Å². The maximum absolute atomic E-state index is 11.2. The van der Waals surface area contributed by atoms with Gasteiger partial charge in [-0.25, -0.2) is 0 Å². The third kappa shape index (κ3) is 3.22. The van der Waals surface area contributed by atoms with Crippen LogP contribution in [0.1, 0.15) is 24.8 Å². The summed E-state index contributed by atoms with van der Waals surface area (Å²) in [5.74, 6) is 0.569. The molecule has 2 atom stereocenters. The van der Waals surface area contributed by atoms with Crippen LogP contribution in [0.2, 0.25) is 0 Å². The summed E-state index contributed by atoms with van der Waals surface area (Å²) in [5, 5.41) is 15.4. The van der Waals surface area contributed by atoms with E-state index in [1.165, 1.54) is 9.09 Å². The van der Waals surface area contributed by atoms with Crippen molar-refractivity contribution in [3.05, 3.63) is 10.9 Å². The zero-order valence-electron chi connectivity index (χ0n) is 9.82. The molecule has 1 aliphatic heterocycles. The van der Waals surface area contributed by atoms with Crippen molar-refractivity contribution in [2.75, 3.05) is 17.6 Å². The van der Waals surface area contributed by atoms with Gasteiger partial charge in [-0.2, -0.15) is 0 Å². The second-order valence-corrected chi connectivity index (χ2v) is 6.49. The molecule has 1 aliphatic rings. The fourth-order valence-corrected chi connectivity index (χ4v) is 3.74. The molecule has 94 valence electrons. The van der Waals surface area contributed by atoms with E-state index in [1.54, 1.807) is 30.0 Å². The quantitative estimate of drug-likeness (QED) is 0.782. The molecule has 0 aliphatic carbocycles. The van der Waals surface area contributed by atoms with Gasteiger partial charge in [-0.05, 0) is 19.9 Å². The van der Waals surface area contributed by atoms with Crippen molar-refractivity contribution in [1.82, 2.24) is 5.32 Å². The zero-order valence-corrected chi connectivity index (χ0v) is 11.5. The lowest BCUT2D eigenvalue weighted by atomic mass is 10.2. The van der Waals surface area contributed by atoms with Gasteiger partial charge in [0.2, 0.25) is 5.91 Å². The highest BCUT2D eigenvalue weighted by Gasteiger charge is 2.20. The minimum Gasteiger partial charge on any atom is -0.392 e. The molecule has 2 rings (SSSR count). The molecule has 6 heteroatoms. The number of carbonyl (C=O) groups excluding carboxylic acids is 1. The van der Waals surface area contributed by atoms with E-state index < -0.39 is 0 Å². The monoisotopic (exact) mass is 272 g/mol. The van der Waals surface area contributed by atoms with E-state index in [1.807, 2.05) is 6.07 Å². The minimum absolute atomic E-state index is 0.0662. The van der Waals surface area contributed by atoms with Crippen molar-refractivity contribution >= 4 is 34.7 Å². The van der Waals surface area contributed by atoms with Gasteiger partial charge < -0.3 is 15.7 Å². The molecule has 1 aromatic rings. The van der Waals surface area contributed by atoms with Crippen molar-refractivity contribution in [2.24, 2.45) is 0 Å². The SMILES string of the molecule is CC(O)CNC(C)c1cc2c(s1)SCC(=O)N2. The number of aliphatic hydroxyl groups excluding tert-OH is 1. The number of thioether (sulfide) groups is 1. The van der Waals surface area contributed by atoms with E-state index in [0.29, 0.717) is 12.3 Å². The summed E-state index contributed by atoms with van der Waals surface area (Å²) in [4.78, 5) is 12.4. The number of thiophene rings is 1. The van der Waals surface area contributed by atoms with Crippen LogP contribution < -0.4 is 10.6 Å². The Bertz CT molecular complexity index is 418. The Hall–Kier alpha value is -0.560. The molecule has 1 aromatic heterocycles. The molecule has 4 nitrogen and oxygen atoms in total. The number of hydrogen-bond acceptors (Lipinski definition) is 5. The number of amides is 1. The average molecular weight is 272 g/mol. The van der Waals surface area contributed by atoms with Crippen LogP contribution in [-0.4, -0.2) is 29.4 Å². The lowest BCUT2D eigenvalue weighted by Gasteiger charge is -2.13. The Morgan fingerprint density at radius 1 is 1.59 bits per heavy atom. The second kappa shape index (κ2) is 5.39. The largest absolute Gasteiger partial charge is 0.392 e. The highest BCUT2D eigenvalue weighted by Crippen LogP contribution is 2.40. The number of rotatable bonds is 4. The van der Waals surface area contributed by atoms with Crippen LogP contribution in [0.25, 0.3) is 0 Å². The molecular formula is C11H16N2O2S2. The lowest BCUT2D eigenvalue weighted by molar-refractivity contribution is -0.113. The summed E-state index contributed by atoms with van der Waals surface area (Å²) >= 11 is 3.29. The van der Waals surface area contributed by atoms with E-state index in [4.69, 9.17) is 0 Å². The van der Waals surface area contributed by atoms with Crippen molar-refractivity contribution in [1.29, 1.82) is 0 Å². The highest BCUT2D eigenvalue weighted by atomic mass is 32.2. The van der Waals surface area contributed by atoms with E-state index in [-0.39, 0.29) is 18.1 Å². The molecule has 0 radical (unpaired) electrons. The van der Waals surface area contributed by atoms with Gasteiger partial charge in [0.1, 0.15) is 0 Å². The Morgan fingerprint density at radius 3 is 3.06 bits per heavy atom. The number of anilines is 1. The average Bonchev–Trinajstić information content (AvgIpc) is 2.68. The number of hydrogen-bond donors (Lipinski definition) is 3. The smallest absolute Gasteiger partial charge is 0.234 e. The van der Waals surface area contributed by atoms with Crippen LogP contribution in [0, 0.1) is 0 Å². The van der Waals surface area contributed by atoms with Gasteiger partial charge in [-0.1, -0.05) is 0 Å². The highest BCUT2D eigenvalue weighted by molar-refractivity contribution is 8.02. The van der Waals surface area contributed by atoms with Gasteiger partial charge in [-0.3, -0.25) is 4.79 Å². The van der Waals surface area contributed by atoms with Gasteiger partial charge in [-0.15, -0.1) is 23.1 Å². The molecule has 0 saturated carbocycles. The van der Waals surface area contributed by atoms with Gasteiger partial charge in [0.25, 0.3) is 0 Å². The third-order valence-corrected chi connectivity index (χ3v) is 5.08. The molecule has 0 fully saturated rings. The van der Waals surface area contributed by atoms with Crippen molar-refractivity contribution < 1.29 is 9.90 Å². The van der Waals surface area contributed by atoms with Crippen LogP contribution in [-0.2, 0) is 4.79 Å². The lowest BCUT2D eigenvalue weighted by Crippen LogP contribution is -2.26. The van der Waals surface area contributed by atoms with Crippen LogP contribution in [0.15, 0.2) is 10.3 Å². The van der Waals surface area contributed by atoms with Gasteiger partial charge >= 0.3 is 0 Å². The summed E-state index contributed by atoms with van der Waals surface area (Å²) in [6, 6.07) is 2.21. The molecule has 0 saturated heterocycles. The molecule has 0 spiro atoms. The summed E-state index contributed by atoms with van der Waals surface area (Å²) in [6.07, 6.45) is -0.346. The van der Waals surface area contributed by atoms with Crippen LogP contribution in [0.5, 0.6) is 0 Å². The van der Waals surface area contributed by atoms with E-state index in [0.717, 1.165) is 5.69 Å². The molecular weight excluding hydrogens is 256 g/mol. The van der Waals surface area contributed by atoms with Crippen LogP contribution >= 0.6 is 23.1 Å². The molecule has 2 heterocycles. The van der Waals surface area contributed by atoms with Crippen LogP contribution in [0.3, 0.4) is 0 Å². The molecule has 3 N–H and O–H groups in total. The summed E-state index contributed by atoms with van der Waals surface area (Å²) in [6.45, 7) is 4.39. The zero-order chi connectivity index (χ0) is 12.4. The summed E-state index contributed by atoms with van der Waals surface area (Å²) < 4.78 is 1.17. The third-order valence-electron chi connectivity index (χ3n) is 2.47. The Labute approximate surface area is 109 Å². The number of nitrogens with one attached hydrogen (secondary N) is 2. The van der Waals surface area contributed by atoms with Crippen molar-refractivity contribution in [2.45, 2.75) is 30.2 Å². The minimum atomic E-state index is -0.346. The molecule has 0 aromatic carbocycles. The van der Waals surface area contributed by atoms with E-state index in [9.17, 15) is 9.90 Å². The first-order valence-corrected chi connectivity index (χ1v) is 7.34. The molecule has 2 unspecified atom stereocenters. The molecule has 17 heavy (non-hydrogen) atoms. The van der Waals surface area contributed by atoms with Crippen molar-refractivity contribution in [3.8, 4) is 0 Å². The molecule has 0 bridgehead atoms. The first-order valence-electron chi connectivity index (χ1n) is 5.54. The van der Waals surface area contributed by atoms with Gasteiger partial charge in [0.15, 0.2) is 0 Å². The van der Waals surface area contributed by atoms with Gasteiger partial charge in [0, 0.05) is 17.5 Å². The summed E-state index contributed by atoms with van der Waals surface area (Å²) in [7, 11) is 0. The summed E-state index contributed by atoms with van der Waals surface area (Å²) in [5.41, 5.74) is 0.928. The normalized spacial score (nSPS) is 18.4. The predicted molar refractivity (Wildman–Crippen MR) is 71.8 cm³/mol. The van der Waals surface area contributed by atoms with Gasteiger partial charge in [0.05, 0.1) is 21.8 Å². The maximum atomic E-state index is 11.2. The Morgan fingerprint density at radius 2 is 2.35 bits per heavy atom. The number of fused-ring (bicyclic) bond motifs is 1. The number of aliphatic hydroxyl groups is 1. The maximum Gasteiger partial charge on any atom is 0.234 e. The van der Waals surface area contributed by atoms with E-state index >= 15 is 0 Å². The first-order chi connectivity index (χ1) is 8.06.